The van der Waals surface area contributed by atoms with Gasteiger partial charge in [-0.3, -0.25) is 0 Å². The Morgan fingerprint density at radius 3 is 1.60 bits per heavy atom. The quantitative estimate of drug-likeness (QED) is 0.176. The second kappa shape index (κ2) is 12.3. The van der Waals surface area contributed by atoms with Crippen molar-refractivity contribution in [1.82, 2.24) is 19.5 Å². The fourth-order valence-corrected chi connectivity index (χ4v) is 8.49. The number of benzene rings is 8. The summed E-state index contributed by atoms with van der Waals surface area (Å²) < 4.78 is 15.1. The lowest BCUT2D eigenvalue weighted by Gasteiger charge is -2.10. The normalized spacial score (nSPS) is 11.9. The smallest absolute Gasteiger partial charge is 0.164 e. The zero-order valence-electron chi connectivity index (χ0n) is 30.4. The molecule has 0 saturated heterocycles. The van der Waals surface area contributed by atoms with Crippen LogP contribution in [0.5, 0.6) is 0 Å². The van der Waals surface area contributed by atoms with Crippen molar-refractivity contribution in [3.05, 3.63) is 182 Å². The summed E-state index contributed by atoms with van der Waals surface area (Å²) in [6, 6.07) is 62.7. The van der Waals surface area contributed by atoms with Crippen LogP contribution in [0.4, 0.5) is 0 Å². The van der Waals surface area contributed by atoms with E-state index < -0.39 is 0 Å². The molecule has 12 aromatic rings. The highest BCUT2D eigenvalue weighted by Gasteiger charge is 2.21. The van der Waals surface area contributed by atoms with Gasteiger partial charge < -0.3 is 13.4 Å². The Labute approximate surface area is 325 Å². The molecule has 0 radical (unpaired) electrons. The highest BCUT2D eigenvalue weighted by atomic mass is 16.3. The predicted molar refractivity (Wildman–Crippen MR) is 230 cm³/mol. The van der Waals surface area contributed by atoms with Crippen molar-refractivity contribution in [2.75, 3.05) is 0 Å². The van der Waals surface area contributed by atoms with Crippen molar-refractivity contribution in [2.24, 2.45) is 0 Å². The Bertz CT molecular complexity index is 3530. The highest BCUT2D eigenvalue weighted by Crippen LogP contribution is 2.41. The van der Waals surface area contributed by atoms with E-state index in [9.17, 15) is 0 Å². The van der Waals surface area contributed by atoms with E-state index in [1.165, 1.54) is 21.8 Å². The summed E-state index contributed by atoms with van der Waals surface area (Å²) in [5, 5.41) is 6.37. The first kappa shape index (κ1) is 31.5. The van der Waals surface area contributed by atoms with Crippen LogP contribution in [0.15, 0.2) is 191 Å². The zero-order valence-corrected chi connectivity index (χ0v) is 30.4. The molecule has 0 N–H and O–H groups in total. The van der Waals surface area contributed by atoms with E-state index in [4.69, 9.17) is 23.8 Å². The molecule has 266 valence electrons. The molecule has 4 aromatic heterocycles. The minimum atomic E-state index is 0.567. The van der Waals surface area contributed by atoms with Gasteiger partial charge in [-0.2, -0.15) is 0 Å². The average molecular weight is 731 g/mol. The third-order valence-electron chi connectivity index (χ3n) is 11.1. The average Bonchev–Trinajstić information content (AvgIpc) is 3.96. The minimum absolute atomic E-state index is 0.567. The number of fused-ring (bicyclic) bond motifs is 9. The first-order valence-electron chi connectivity index (χ1n) is 19.0. The van der Waals surface area contributed by atoms with E-state index in [-0.39, 0.29) is 0 Å². The monoisotopic (exact) mass is 730 g/mol. The number of nitrogens with zero attached hydrogens (tertiary/aromatic N) is 4. The second-order valence-corrected chi connectivity index (χ2v) is 14.4. The standard InChI is InChI=1S/C51H30N4O2/c1-3-13-31(14-4-1)49-52-50(37-19-11-23-45-47(37)36-18-8-10-22-43(36)56-45)54-51(53-49)38-20-12-24-46-48(38)40-30-33(26-28-44(40)57-46)32-25-27-42-39(29-32)35-17-7-9-21-41(35)55(42)34-15-5-2-6-16-34/h1-30H. The Hall–Kier alpha value is -7.83. The van der Waals surface area contributed by atoms with Gasteiger partial charge in [0.15, 0.2) is 17.5 Å². The van der Waals surface area contributed by atoms with Gasteiger partial charge in [-0.15, -0.1) is 0 Å². The molecule has 4 heterocycles. The summed E-state index contributed by atoms with van der Waals surface area (Å²) in [5.41, 5.74) is 11.6. The summed E-state index contributed by atoms with van der Waals surface area (Å²) >= 11 is 0. The SMILES string of the molecule is c1ccc(-c2nc(-c3cccc4oc5ccccc5c34)nc(-c3cccc4oc5ccc(-c6ccc7c(c6)c6ccccc6n7-c6ccccc6)cc5c34)n2)cc1. The maximum atomic E-state index is 6.52. The van der Waals surface area contributed by atoms with Crippen LogP contribution < -0.4 is 0 Å². The van der Waals surface area contributed by atoms with Crippen LogP contribution >= 0.6 is 0 Å². The first-order chi connectivity index (χ1) is 28.2. The number of rotatable bonds is 5. The van der Waals surface area contributed by atoms with Gasteiger partial charge in [0.1, 0.15) is 22.3 Å². The molecule has 0 bridgehead atoms. The maximum absolute atomic E-state index is 6.52. The molecule has 12 rings (SSSR count). The Balaban J connectivity index is 1.06. The molecule has 57 heavy (non-hydrogen) atoms. The van der Waals surface area contributed by atoms with Crippen molar-refractivity contribution in [1.29, 1.82) is 0 Å². The van der Waals surface area contributed by atoms with Crippen LogP contribution in [-0.2, 0) is 0 Å². The van der Waals surface area contributed by atoms with E-state index in [0.717, 1.165) is 77.4 Å². The predicted octanol–water partition coefficient (Wildman–Crippen LogP) is 13.4. The van der Waals surface area contributed by atoms with Crippen LogP contribution in [0.2, 0.25) is 0 Å². The van der Waals surface area contributed by atoms with Gasteiger partial charge in [-0.05, 0) is 71.8 Å². The molecule has 0 atom stereocenters. The van der Waals surface area contributed by atoms with Gasteiger partial charge >= 0.3 is 0 Å². The number of furan rings is 2. The highest BCUT2D eigenvalue weighted by molar-refractivity contribution is 6.15. The summed E-state index contributed by atoms with van der Waals surface area (Å²) in [6.07, 6.45) is 0. The zero-order chi connectivity index (χ0) is 37.5. The third kappa shape index (κ3) is 4.94. The molecule has 0 saturated carbocycles. The first-order valence-corrected chi connectivity index (χ1v) is 19.0. The van der Waals surface area contributed by atoms with Crippen LogP contribution in [0.1, 0.15) is 0 Å². The van der Waals surface area contributed by atoms with Crippen LogP contribution in [-0.4, -0.2) is 19.5 Å². The van der Waals surface area contributed by atoms with E-state index in [1.54, 1.807) is 0 Å². The van der Waals surface area contributed by atoms with E-state index in [2.05, 4.69) is 114 Å². The molecule has 0 unspecified atom stereocenters. The number of hydrogen-bond acceptors (Lipinski definition) is 5. The van der Waals surface area contributed by atoms with Crippen molar-refractivity contribution in [2.45, 2.75) is 0 Å². The largest absolute Gasteiger partial charge is 0.456 e. The molecule has 6 heteroatoms. The van der Waals surface area contributed by atoms with E-state index >= 15 is 0 Å². The van der Waals surface area contributed by atoms with Crippen molar-refractivity contribution in [3.63, 3.8) is 0 Å². The fraction of sp³-hybridized carbons (Fsp3) is 0. The molecule has 8 aromatic carbocycles. The van der Waals surface area contributed by atoms with Crippen molar-refractivity contribution >= 4 is 65.7 Å². The lowest BCUT2D eigenvalue weighted by Crippen LogP contribution is -2.00. The Morgan fingerprint density at radius 1 is 0.333 bits per heavy atom. The number of aromatic nitrogens is 4. The molecule has 0 fully saturated rings. The summed E-state index contributed by atoms with van der Waals surface area (Å²) in [6.45, 7) is 0. The van der Waals surface area contributed by atoms with E-state index in [1.807, 2.05) is 72.8 Å². The van der Waals surface area contributed by atoms with E-state index in [0.29, 0.717) is 17.5 Å². The summed E-state index contributed by atoms with van der Waals surface area (Å²) in [7, 11) is 0. The third-order valence-corrected chi connectivity index (χ3v) is 11.1. The Kier molecular flexibility index (Phi) is 6.83. The van der Waals surface area contributed by atoms with Crippen molar-refractivity contribution < 1.29 is 8.83 Å². The van der Waals surface area contributed by atoms with Crippen LogP contribution in [0.25, 0.3) is 117 Å². The fourth-order valence-electron chi connectivity index (χ4n) is 8.49. The van der Waals surface area contributed by atoms with Crippen molar-refractivity contribution in [3.8, 4) is 51.0 Å². The molecule has 0 spiro atoms. The number of hydrogen-bond donors (Lipinski definition) is 0. The van der Waals surface area contributed by atoms with Gasteiger partial charge in [-0.1, -0.05) is 121 Å². The van der Waals surface area contributed by atoms with Gasteiger partial charge in [0.2, 0.25) is 0 Å². The molecule has 6 nitrogen and oxygen atoms in total. The second-order valence-electron chi connectivity index (χ2n) is 14.4. The maximum Gasteiger partial charge on any atom is 0.164 e. The molecule has 0 aliphatic carbocycles. The summed E-state index contributed by atoms with van der Waals surface area (Å²) in [4.78, 5) is 15.5. The molecular formula is C51H30N4O2. The van der Waals surface area contributed by atoms with Gasteiger partial charge in [0.25, 0.3) is 0 Å². The molecule has 0 aliphatic heterocycles. The minimum Gasteiger partial charge on any atom is -0.456 e. The molecular weight excluding hydrogens is 701 g/mol. The Morgan fingerprint density at radius 2 is 0.860 bits per heavy atom. The van der Waals surface area contributed by atoms with Gasteiger partial charge in [-0.25, -0.2) is 15.0 Å². The lowest BCUT2D eigenvalue weighted by molar-refractivity contribution is 0.668. The van der Waals surface area contributed by atoms with Gasteiger partial charge in [0, 0.05) is 54.7 Å². The molecule has 0 aliphatic rings. The topological polar surface area (TPSA) is 69.9 Å². The van der Waals surface area contributed by atoms with Crippen LogP contribution in [0, 0.1) is 0 Å². The summed E-state index contributed by atoms with van der Waals surface area (Å²) in [5.74, 6) is 1.73. The van der Waals surface area contributed by atoms with Crippen LogP contribution in [0.3, 0.4) is 0 Å². The van der Waals surface area contributed by atoms with Gasteiger partial charge in [0.05, 0.1) is 11.0 Å². The molecule has 0 amide bonds. The lowest BCUT2D eigenvalue weighted by atomic mass is 9.99. The number of para-hydroxylation sites is 3.